The molecule has 1 aromatic heterocycles. The molecule has 0 aliphatic heterocycles. The Balaban J connectivity index is 1.54. The number of amides is 1. The molecule has 0 atom stereocenters. The Hall–Kier alpha value is -3.39. The van der Waals surface area contributed by atoms with E-state index in [0.717, 1.165) is 22.5 Å². The van der Waals surface area contributed by atoms with Crippen LogP contribution >= 0.6 is 11.8 Å². The Morgan fingerprint density at radius 1 is 1.03 bits per heavy atom. The van der Waals surface area contributed by atoms with Gasteiger partial charge in [0, 0.05) is 11.4 Å². The first-order valence-corrected chi connectivity index (χ1v) is 11.2. The summed E-state index contributed by atoms with van der Waals surface area (Å²) in [6.45, 7) is 6.68. The lowest BCUT2D eigenvalue weighted by atomic mass is 10.2. The lowest BCUT2D eigenvalue weighted by Gasteiger charge is -2.12. The summed E-state index contributed by atoms with van der Waals surface area (Å²) >= 11 is 1.27. The van der Waals surface area contributed by atoms with Crippen LogP contribution in [0.5, 0.6) is 11.5 Å². The largest absolute Gasteiger partial charge is 0.490 e. The molecule has 8 heteroatoms. The van der Waals surface area contributed by atoms with Gasteiger partial charge in [0.15, 0.2) is 16.7 Å². The number of carbonyl (C=O) groups is 1. The molecule has 3 aromatic rings. The van der Waals surface area contributed by atoms with Crippen molar-refractivity contribution in [1.29, 1.82) is 0 Å². The predicted molar refractivity (Wildman–Crippen MR) is 126 cm³/mol. The minimum atomic E-state index is -0.234. The fraction of sp³-hybridized carbons (Fsp3) is 0.250. The molecule has 1 amide bonds. The number of carbonyl (C=O) groups excluding carboxylic acids is 1. The maximum absolute atomic E-state index is 12.1. The SMILES string of the molecule is CCOc1cc(/C=N\NC(=O)CSc2nc(C)cc(C)n2)ccc1OCc1ccccc1. The van der Waals surface area contributed by atoms with Gasteiger partial charge in [0.05, 0.1) is 18.6 Å². The van der Waals surface area contributed by atoms with Crippen LogP contribution < -0.4 is 14.9 Å². The van der Waals surface area contributed by atoms with Crippen LogP contribution in [0.25, 0.3) is 0 Å². The summed E-state index contributed by atoms with van der Waals surface area (Å²) in [7, 11) is 0. The summed E-state index contributed by atoms with van der Waals surface area (Å²) < 4.78 is 11.6. The first-order chi connectivity index (χ1) is 15.5. The molecule has 0 saturated heterocycles. The highest BCUT2D eigenvalue weighted by Gasteiger charge is 2.08. The lowest BCUT2D eigenvalue weighted by molar-refractivity contribution is -0.118. The van der Waals surface area contributed by atoms with E-state index in [0.29, 0.717) is 29.9 Å². The number of nitrogens with zero attached hydrogens (tertiary/aromatic N) is 3. The molecule has 3 rings (SSSR count). The number of benzene rings is 2. The average Bonchev–Trinajstić information content (AvgIpc) is 2.77. The van der Waals surface area contributed by atoms with Gasteiger partial charge in [0.2, 0.25) is 0 Å². The zero-order valence-corrected chi connectivity index (χ0v) is 19.2. The fourth-order valence-corrected chi connectivity index (χ4v) is 3.57. The van der Waals surface area contributed by atoms with Gasteiger partial charge in [-0.15, -0.1) is 0 Å². The van der Waals surface area contributed by atoms with Crippen LogP contribution in [-0.4, -0.2) is 34.4 Å². The van der Waals surface area contributed by atoms with Gasteiger partial charge in [0.1, 0.15) is 6.61 Å². The molecule has 1 N–H and O–H groups in total. The molecule has 0 saturated carbocycles. The monoisotopic (exact) mass is 450 g/mol. The molecule has 0 aliphatic carbocycles. The van der Waals surface area contributed by atoms with Gasteiger partial charge in [-0.1, -0.05) is 42.1 Å². The summed E-state index contributed by atoms with van der Waals surface area (Å²) in [4.78, 5) is 20.7. The summed E-state index contributed by atoms with van der Waals surface area (Å²) in [5.41, 5.74) is 6.13. The van der Waals surface area contributed by atoms with E-state index in [9.17, 15) is 4.79 Å². The van der Waals surface area contributed by atoms with E-state index in [1.807, 2.05) is 75.4 Å². The molecule has 0 aliphatic rings. The van der Waals surface area contributed by atoms with Gasteiger partial charge < -0.3 is 9.47 Å². The second kappa shape index (κ2) is 11.9. The summed E-state index contributed by atoms with van der Waals surface area (Å²) in [5.74, 6) is 1.22. The van der Waals surface area contributed by atoms with Crippen LogP contribution in [0.4, 0.5) is 0 Å². The third kappa shape index (κ3) is 7.39. The summed E-state index contributed by atoms with van der Waals surface area (Å²) in [6.07, 6.45) is 1.57. The quantitative estimate of drug-likeness (QED) is 0.214. The number of thioether (sulfide) groups is 1. The van der Waals surface area contributed by atoms with Crippen molar-refractivity contribution in [3.8, 4) is 11.5 Å². The van der Waals surface area contributed by atoms with Gasteiger partial charge in [-0.05, 0) is 56.2 Å². The Labute approximate surface area is 192 Å². The first kappa shape index (κ1) is 23.3. The van der Waals surface area contributed by atoms with Crippen LogP contribution in [0.2, 0.25) is 0 Å². The van der Waals surface area contributed by atoms with Gasteiger partial charge in [-0.3, -0.25) is 4.79 Å². The van der Waals surface area contributed by atoms with Crippen LogP contribution in [-0.2, 0) is 11.4 Å². The van der Waals surface area contributed by atoms with E-state index in [2.05, 4.69) is 20.5 Å². The lowest BCUT2D eigenvalue weighted by Crippen LogP contribution is -2.19. The summed E-state index contributed by atoms with van der Waals surface area (Å²) in [6, 6.07) is 17.4. The minimum Gasteiger partial charge on any atom is -0.490 e. The van der Waals surface area contributed by atoms with Gasteiger partial charge in [-0.25, -0.2) is 15.4 Å². The highest BCUT2D eigenvalue weighted by atomic mass is 32.2. The molecule has 7 nitrogen and oxygen atoms in total. The standard InChI is InChI=1S/C24H26N4O3S/c1-4-30-22-13-20(10-11-21(22)31-15-19-8-6-5-7-9-19)14-25-28-23(29)16-32-24-26-17(2)12-18(3)27-24/h5-14H,4,15-16H2,1-3H3,(H,28,29)/b25-14-. The zero-order chi connectivity index (χ0) is 22.8. The topological polar surface area (TPSA) is 85.7 Å². The van der Waals surface area contributed by atoms with Crippen LogP contribution in [0.15, 0.2) is 64.9 Å². The Morgan fingerprint density at radius 3 is 2.50 bits per heavy atom. The van der Waals surface area contributed by atoms with Crippen molar-refractivity contribution in [2.75, 3.05) is 12.4 Å². The number of hydrogen-bond acceptors (Lipinski definition) is 7. The molecular formula is C24H26N4O3S. The maximum atomic E-state index is 12.1. The van der Waals surface area contributed by atoms with Crippen LogP contribution in [0, 0.1) is 13.8 Å². The Bertz CT molecular complexity index is 1050. The minimum absolute atomic E-state index is 0.177. The molecule has 0 fully saturated rings. The van der Waals surface area contributed by atoms with Crippen molar-refractivity contribution in [1.82, 2.24) is 15.4 Å². The number of rotatable bonds is 10. The molecular weight excluding hydrogens is 424 g/mol. The maximum Gasteiger partial charge on any atom is 0.250 e. The van der Waals surface area contributed by atoms with Crippen molar-refractivity contribution < 1.29 is 14.3 Å². The van der Waals surface area contributed by atoms with E-state index in [1.165, 1.54) is 11.8 Å². The van der Waals surface area contributed by atoms with E-state index < -0.39 is 0 Å². The van der Waals surface area contributed by atoms with Crippen LogP contribution in [0.1, 0.15) is 29.4 Å². The second-order valence-electron chi connectivity index (χ2n) is 6.93. The molecule has 0 unspecified atom stereocenters. The van der Waals surface area contributed by atoms with E-state index in [-0.39, 0.29) is 11.7 Å². The van der Waals surface area contributed by atoms with Crippen molar-refractivity contribution in [3.63, 3.8) is 0 Å². The normalized spacial score (nSPS) is 10.8. The molecule has 0 radical (unpaired) electrons. The van der Waals surface area contributed by atoms with Crippen molar-refractivity contribution in [2.45, 2.75) is 32.5 Å². The third-order valence-electron chi connectivity index (χ3n) is 4.20. The van der Waals surface area contributed by atoms with Gasteiger partial charge in [0.25, 0.3) is 5.91 Å². The van der Waals surface area contributed by atoms with E-state index in [4.69, 9.17) is 9.47 Å². The van der Waals surface area contributed by atoms with Gasteiger partial charge in [-0.2, -0.15) is 5.10 Å². The van der Waals surface area contributed by atoms with Gasteiger partial charge >= 0.3 is 0 Å². The average molecular weight is 451 g/mol. The van der Waals surface area contributed by atoms with E-state index in [1.54, 1.807) is 6.21 Å². The number of hydrazone groups is 1. The summed E-state index contributed by atoms with van der Waals surface area (Å²) in [5, 5.41) is 4.62. The fourth-order valence-electron chi connectivity index (χ4n) is 2.83. The number of nitrogens with one attached hydrogen (secondary N) is 1. The second-order valence-corrected chi connectivity index (χ2v) is 7.87. The van der Waals surface area contributed by atoms with Crippen molar-refractivity contribution in [2.24, 2.45) is 5.10 Å². The third-order valence-corrected chi connectivity index (χ3v) is 5.05. The number of aryl methyl sites for hydroxylation is 2. The molecule has 0 bridgehead atoms. The highest BCUT2D eigenvalue weighted by molar-refractivity contribution is 7.99. The Kier molecular flexibility index (Phi) is 8.62. The van der Waals surface area contributed by atoms with Crippen molar-refractivity contribution >= 4 is 23.9 Å². The van der Waals surface area contributed by atoms with E-state index >= 15 is 0 Å². The highest BCUT2D eigenvalue weighted by Crippen LogP contribution is 2.29. The van der Waals surface area contributed by atoms with Crippen molar-refractivity contribution in [3.05, 3.63) is 77.1 Å². The number of ether oxygens (including phenoxy) is 2. The molecule has 1 heterocycles. The molecule has 2 aromatic carbocycles. The first-order valence-electron chi connectivity index (χ1n) is 10.2. The smallest absolute Gasteiger partial charge is 0.250 e. The number of aromatic nitrogens is 2. The Morgan fingerprint density at radius 2 is 1.78 bits per heavy atom. The molecule has 32 heavy (non-hydrogen) atoms. The predicted octanol–water partition coefficient (Wildman–Crippen LogP) is 4.31. The zero-order valence-electron chi connectivity index (χ0n) is 18.4. The van der Waals surface area contributed by atoms with Crippen LogP contribution in [0.3, 0.4) is 0 Å². The number of hydrogen-bond donors (Lipinski definition) is 1. The molecule has 0 spiro atoms. The molecule has 166 valence electrons.